The van der Waals surface area contributed by atoms with E-state index in [9.17, 15) is 0 Å². The third kappa shape index (κ3) is 1.26. The van der Waals surface area contributed by atoms with Crippen molar-refractivity contribution in [3.63, 3.8) is 0 Å². The first kappa shape index (κ1) is 7.48. The minimum Gasteiger partial charge on any atom is -0.344 e. The van der Waals surface area contributed by atoms with Crippen molar-refractivity contribution in [1.82, 2.24) is 15.2 Å². The van der Waals surface area contributed by atoms with Gasteiger partial charge in [0.15, 0.2) is 5.65 Å². The minimum atomic E-state index is 0.766. The van der Waals surface area contributed by atoms with Crippen molar-refractivity contribution in [2.45, 2.75) is 0 Å². The number of nitrogens with zero attached hydrogens (tertiary/aromatic N) is 2. The summed E-state index contributed by atoms with van der Waals surface area (Å²) in [6.45, 7) is 0. The van der Waals surface area contributed by atoms with Crippen molar-refractivity contribution >= 4 is 49.6 Å². The highest BCUT2D eigenvalue weighted by Gasteiger charge is 2.01. The predicted molar refractivity (Wildman–Crippen MR) is 54.3 cm³/mol. The van der Waals surface area contributed by atoms with Crippen molar-refractivity contribution in [2.24, 2.45) is 0 Å². The van der Waals surface area contributed by atoms with E-state index in [1.165, 1.54) is 0 Å². The van der Waals surface area contributed by atoms with E-state index in [0.717, 1.165) is 19.2 Å². The molecule has 2 rings (SSSR count). The Bertz CT molecular complexity index is 398. The number of rotatable bonds is 0. The van der Waals surface area contributed by atoms with Crippen LogP contribution < -0.4 is 0 Å². The zero-order valence-corrected chi connectivity index (χ0v) is 9.05. The van der Waals surface area contributed by atoms with Gasteiger partial charge in [0.05, 0.1) is 0 Å². The molecular formula is C6H3BrIN3. The summed E-state index contributed by atoms with van der Waals surface area (Å²) in [6, 6.07) is 1.95. The number of hydrogen-bond acceptors (Lipinski definition) is 2. The molecule has 0 saturated heterocycles. The molecule has 1 N–H and O–H groups in total. The summed E-state index contributed by atoms with van der Waals surface area (Å²) in [4.78, 5) is 3.01. The van der Waals surface area contributed by atoms with Crippen LogP contribution in [-0.4, -0.2) is 15.2 Å². The van der Waals surface area contributed by atoms with Crippen LogP contribution in [0.25, 0.3) is 11.0 Å². The molecule has 0 saturated carbocycles. The summed E-state index contributed by atoms with van der Waals surface area (Å²) in [5.74, 6) is 0. The van der Waals surface area contributed by atoms with Gasteiger partial charge in [-0.05, 0) is 44.6 Å². The molecule has 0 bridgehead atoms. The molecular weight excluding hydrogens is 321 g/mol. The smallest absolute Gasteiger partial charge is 0.161 e. The molecule has 0 unspecified atom stereocenters. The number of halogens is 2. The lowest BCUT2D eigenvalue weighted by molar-refractivity contribution is 1.03. The molecule has 3 nitrogen and oxygen atoms in total. The Labute approximate surface area is 84.9 Å². The molecule has 11 heavy (non-hydrogen) atoms. The van der Waals surface area contributed by atoms with Gasteiger partial charge < -0.3 is 4.98 Å². The van der Waals surface area contributed by atoms with Crippen molar-refractivity contribution in [3.8, 4) is 0 Å². The molecule has 0 aromatic carbocycles. The van der Waals surface area contributed by atoms with Gasteiger partial charge in [0.1, 0.15) is 4.60 Å². The van der Waals surface area contributed by atoms with Gasteiger partial charge >= 0.3 is 0 Å². The molecule has 0 fully saturated rings. The maximum atomic E-state index is 3.94. The lowest BCUT2D eigenvalue weighted by atomic mass is 10.4. The fourth-order valence-corrected chi connectivity index (χ4v) is 1.74. The van der Waals surface area contributed by atoms with Gasteiger partial charge in [0.2, 0.25) is 0 Å². The predicted octanol–water partition coefficient (Wildman–Crippen LogP) is 2.32. The molecule has 2 aromatic heterocycles. The highest BCUT2D eigenvalue weighted by molar-refractivity contribution is 14.1. The van der Waals surface area contributed by atoms with Gasteiger partial charge in [-0.25, -0.2) is 0 Å². The van der Waals surface area contributed by atoms with Crippen LogP contribution in [0.4, 0.5) is 0 Å². The Morgan fingerprint density at radius 1 is 1.45 bits per heavy atom. The Balaban J connectivity index is 2.87. The quantitative estimate of drug-likeness (QED) is 0.756. The lowest BCUT2D eigenvalue weighted by Gasteiger charge is -1.88. The number of aromatic nitrogens is 3. The molecule has 0 radical (unpaired) electrons. The maximum Gasteiger partial charge on any atom is 0.161 e. The fourth-order valence-electron chi connectivity index (χ4n) is 0.866. The molecule has 0 atom stereocenters. The zero-order valence-electron chi connectivity index (χ0n) is 5.31. The summed E-state index contributed by atoms with van der Waals surface area (Å²) in [6.07, 6.45) is 1.91. The van der Waals surface area contributed by atoms with Crippen LogP contribution >= 0.6 is 38.5 Å². The van der Waals surface area contributed by atoms with Gasteiger partial charge in [-0.15, -0.1) is 10.2 Å². The molecule has 2 aromatic rings. The van der Waals surface area contributed by atoms with Gasteiger partial charge in [-0.3, -0.25) is 0 Å². The first-order valence-corrected chi connectivity index (χ1v) is 4.80. The maximum absolute atomic E-state index is 3.94. The Kier molecular flexibility index (Phi) is 1.84. The van der Waals surface area contributed by atoms with Crippen LogP contribution in [0.1, 0.15) is 0 Å². The average Bonchev–Trinajstić information content (AvgIpc) is 2.33. The third-order valence-corrected chi connectivity index (χ3v) is 2.64. The lowest BCUT2D eigenvalue weighted by Crippen LogP contribution is -1.82. The highest BCUT2D eigenvalue weighted by atomic mass is 127. The second-order valence-corrected chi connectivity index (χ2v) is 4.04. The molecule has 0 aliphatic heterocycles. The van der Waals surface area contributed by atoms with Crippen molar-refractivity contribution in [1.29, 1.82) is 0 Å². The molecule has 0 aliphatic rings. The number of hydrogen-bond donors (Lipinski definition) is 1. The standard InChI is InChI=1S/C6H3BrIN3/c7-5-1-3-4(8)2-9-6(3)11-10-5/h1-2H,(H,9,11). The zero-order chi connectivity index (χ0) is 7.84. The Morgan fingerprint density at radius 2 is 2.27 bits per heavy atom. The SMILES string of the molecule is Brc1cc2c(I)c[nH]c2nn1. The summed E-state index contributed by atoms with van der Waals surface area (Å²) < 4.78 is 1.93. The van der Waals surface area contributed by atoms with Crippen LogP contribution in [0.5, 0.6) is 0 Å². The third-order valence-electron chi connectivity index (χ3n) is 1.36. The van der Waals surface area contributed by atoms with Crippen molar-refractivity contribution in [3.05, 3.63) is 20.4 Å². The van der Waals surface area contributed by atoms with E-state index >= 15 is 0 Å². The molecule has 0 amide bonds. The molecule has 56 valence electrons. The van der Waals surface area contributed by atoms with Crippen molar-refractivity contribution < 1.29 is 0 Å². The summed E-state index contributed by atoms with van der Waals surface area (Å²) in [7, 11) is 0. The van der Waals surface area contributed by atoms with Crippen LogP contribution in [0, 0.1) is 3.57 Å². The molecule has 5 heteroatoms. The van der Waals surface area contributed by atoms with Crippen LogP contribution in [-0.2, 0) is 0 Å². The average molecular weight is 324 g/mol. The number of nitrogens with one attached hydrogen (secondary N) is 1. The largest absolute Gasteiger partial charge is 0.344 e. The van der Waals surface area contributed by atoms with Crippen molar-refractivity contribution in [2.75, 3.05) is 0 Å². The van der Waals surface area contributed by atoms with Crippen LogP contribution in [0.3, 0.4) is 0 Å². The number of fused-ring (bicyclic) bond motifs is 1. The second-order valence-electron chi connectivity index (χ2n) is 2.07. The first-order valence-electron chi connectivity index (χ1n) is 2.93. The van der Waals surface area contributed by atoms with Gasteiger partial charge in [0, 0.05) is 15.2 Å². The second kappa shape index (κ2) is 2.71. The first-order chi connectivity index (χ1) is 5.27. The highest BCUT2D eigenvalue weighted by Crippen LogP contribution is 2.19. The number of aromatic amines is 1. The van der Waals surface area contributed by atoms with E-state index < -0.39 is 0 Å². The van der Waals surface area contributed by atoms with E-state index in [4.69, 9.17) is 0 Å². The minimum absolute atomic E-state index is 0.766. The summed E-state index contributed by atoms with van der Waals surface area (Å²) in [5.41, 5.74) is 0.831. The van der Waals surface area contributed by atoms with Gasteiger partial charge in [-0.2, -0.15) is 0 Å². The van der Waals surface area contributed by atoms with E-state index in [1.807, 2.05) is 12.3 Å². The fraction of sp³-hybridized carbons (Fsp3) is 0. The van der Waals surface area contributed by atoms with E-state index in [0.29, 0.717) is 0 Å². The molecule has 0 aliphatic carbocycles. The Hall–Kier alpha value is -0.170. The Morgan fingerprint density at radius 3 is 3.09 bits per heavy atom. The van der Waals surface area contributed by atoms with E-state index in [2.05, 4.69) is 53.7 Å². The summed E-state index contributed by atoms with van der Waals surface area (Å²) >= 11 is 5.51. The van der Waals surface area contributed by atoms with Crippen LogP contribution in [0.15, 0.2) is 16.9 Å². The number of H-pyrrole nitrogens is 1. The summed E-state index contributed by atoms with van der Waals surface area (Å²) in [5, 5.41) is 8.90. The monoisotopic (exact) mass is 323 g/mol. The topological polar surface area (TPSA) is 41.6 Å². The molecule has 0 spiro atoms. The van der Waals surface area contributed by atoms with E-state index in [1.54, 1.807) is 0 Å². The van der Waals surface area contributed by atoms with Gasteiger partial charge in [-0.1, -0.05) is 0 Å². The molecule has 2 heterocycles. The van der Waals surface area contributed by atoms with Gasteiger partial charge in [0.25, 0.3) is 0 Å². The van der Waals surface area contributed by atoms with E-state index in [-0.39, 0.29) is 0 Å². The normalized spacial score (nSPS) is 10.7. The van der Waals surface area contributed by atoms with Crippen LogP contribution in [0.2, 0.25) is 0 Å².